The van der Waals surface area contributed by atoms with E-state index in [9.17, 15) is 14.7 Å². The Bertz CT molecular complexity index is 536. The summed E-state index contributed by atoms with van der Waals surface area (Å²) >= 11 is 1.80. The Morgan fingerprint density at radius 3 is 1.83 bits per heavy atom. The van der Waals surface area contributed by atoms with Gasteiger partial charge in [-0.1, -0.05) is 71.2 Å². The first kappa shape index (κ1) is 32.6. The summed E-state index contributed by atoms with van der Waals surface area (Å²) in [4.78, 5) is 23.6. The van der Waals surface area contributed by atoms with Crippen LogP contribution in [0.3, 0.4) is 0 Å². The maximum atomic E-state index is 10.7. The lowest BCUT2D eigenvalue weighted by atomic mass is 9.73. The number of hydrogen-bond donors (Lipinski definition) is 2. The van der Waals surface area contributed by atoms with Crippen molar-refractivity contribution >= 4 is 24.5 Å². The second kappa shape index (κ2) is 18.8. The molecule has 1 rings (SSSR count). The van der Waals surface area contributed by atoms with Gasteiger partial charge in [0, 0.05) is 19.4 Å². The lowest BCUT2D eigenvalue weighted by molar-refractivity contribution is -0.108. The van der Waals surface area contributed by atoms with Crippen LogP contribution < -0.4 is 4.72 Å². The third-order valence-electron chi connectivity index (χ3n) is 8.55. The number of aliphatic hydroxyl groups is 1. The predicted molar refractivity (Wildman–Crippen MR) is 151 cm³/mol. The summed E-state index contributed by atoms with van der Waals surface area (Å²) in [6, 6.07) is 0. The maximum absolute atomic E-state index is 10.7. The Morgan fingerprint density at radius 1 is 0.886 bits per heavy atom. The van der Waals surface area contributed by atoms with Crippen LogP contribution in [-0.4, -0.2) is 59.6 Å². The zero-order valence-electron chi connectivity index (χ0n) is 23.4. The van der Waals surface area contributed by atoms with Crippen LogP contribution >= 0.6 is 11.9 Å². The standard InChI is InChI=1S/C29H56N2O3S/c1-26-18-19-29(27(2)34,28(26,3)4)35-30-20-17-23-31(21-13-9-5-7-11-15-24-32)22-14-10-6-8-12-16-25-33/h24-27,30,34H,5-23H2,1-4H3/t26?,27?,29-/m1/s1. The number of carbonyl (C=O) groups excluding carboxylic acids is 2. The van der Waals surface area contributed by atoms with Crippen molar-refractivity contribution in [2.45, 2.75) is 135 Å². The van der Waals surface area contributed by atoms with Crippen molar-refractivity contribution in [2.24, 2.45) is 11.3 Å². The molecule has 2 unspecified atom stereocenters. The molecule has 1 fully saturated rings. The van der Waals surface area contributed by atoms with Crippen LogP contribution in [0.15, 0.2) is 0 Å². The molecule has 35 heavy (non-hydrogen) atoms. The van der Waals surface area contributed by atoms with Crippen molar-refractivity contribution in [1.82, 2.24) is 9.62 Å². The SMILES string of the molecule is CC1CC[C@@](SNCCCN(CCCCCCCC=O)CCCCCCCC=O)(C(C)O)C1(C)C. The molecule has 1 saturated carbocycles. The minimum Gasteiger partial charge on any atom is -0.392 e. The van der Waals surface area contributed by atoms with E-state index >= 15 is 0 Å². The normalized spacial score (nSPS) is 22.5. The molecule has 3 atom stereocenters. The highest BCUT2D eigenvalue weighted by Gasteiger charge is 2.56. The molecule has 0 bridgehead atoms. The molecule has 206 valence electrons. The number of unbranched alkanes of at least 4 members (excludes halogenated alkanes) is 10. The fraction of sp³-hybridized carbons (Fsp3) is 0.931. The van der Waals surface area contributed by atoms with Gasteiger partial charge in [-0.3, -0.25) is 4.72 Å². The number of carbonyl (C=O) groups is 2. The molecule has 1 aliphatic rings. The number of nitrogens with one attached hydrogen (secondary N) is 1. The van der Waals surface area contributed by atoms with Crippen LogP contribution in [0, 0.1) is 11.3 Å². The van der Waals surface area contributed by atoms with Crippen molar-refractivity contribution in [3.8, 4) is 0 Å². The van der Waals surface area contributed by atoms with E-state index in [0.717, 1.165) is 64.4 Å². The second-order valence-electron chi connectivity index (χ2n) is 11.4. The fourth-order valence-corrected chi connectivity index (χ4v) is 6.98. The first-order valence-corrected chi connectivity index (χ1v) is 15.3. The average Bonchev–Trinajstić information content (AvgIpc) is 3.06. The molecule has 0 amide bonds. The van der Waals surface area contributed by atoms with E-state index in [0.29, 0.717) is 18.8 Å². The van der Waals surface area contributed by atoms with E-state index in [4.69, 9.17) is 0 Å². The lowest BCUT2D eigenvalue weighted by Crippen LogP contribution is -2.49. The van der Waals surface area contributed by atoms with Gasteiger partial charge >= 0.3 is 0 Å². The number of aliphatic hydroxyl groups excluding tert-OH is 1. The molecule has 0 heterocycles. The van der Waals surface area contributed by atoms with Crippen LogP contribution in [0.1, 0.15) is 124 Å². The lowest BCUT2D eigenvalue weighted by Gasteiger charge is -2.45. The monoisotopic (exact) mass is 512 g/mol. The molecule has 1 aliphatic carbocycles. The quantitative estimate of drug-likeness (QED) is 0.0916. The smallest absolute Gasteiger partial charge is 0.119 e. The molecule has 0 spiro atoms. The average molecular weight is 513 g/mol. The minimum absolute atomic E-state index is 0.111. The summed E-state index contributed by atoms with van der Waals surface area (Å²) < 4.78 is 3.53. The molecular weight excluding hydrogens is 456 g/mol. The summed E-state index contributed by atoms with van der Waals surface area (Å²) in [7, 11) is 0. The first-order valence-electron chi connectivity index (χ1n) is 14.5. The summed E-state index contributed by atoms with van der Waals surface area (Å²) in [5, 5.41) is 10.7. The molecule has 0 aromatic heterocycles. The summed E-state index contributed by atoms with van der Waals surface area (Å²) in [6.45, 7) is 13.4. The zero-order chi connectivity index (χ0) is 26.0. The van der Waals surface area contributed by atoms with Gasteiger partial charge in [-0.05, 0) is 82.8 Å². The Morgan fingerprint density at radius 2 is 1.37 bits per heavy atom. The van der Waals surface area contributed by atoms with Gasteiger partial charge < -0.3 is 19.6 Å². The van der Waals surface area contributed by atoms with Gasteiger partial charge in [-0.25, -0.2) is 0 Å². The molecule has 0 aliphatic heterocycles. The van der Waals surface area contributed by atoms with Crippen molar-refractivity contribution in [2.75, 3.05) is 26.2 Å². The van der Waals surface area contributed by atoms with E-state index in [1.165, 1.54) is 57.8 Å². The highest BCUT2D eigenvalue weighted by atomic mass is 32.2. The van der Waals surface area contributed by atoms with E-state index < -0.39 is 0 Å². The highest BCUT2D eigenvalue weighted by Crippen LogP contribution is 2.57. The molecular formula is C29H56N2O3S. The van der Waals surface area contributed by atoms with E-state index in [-0.39, 0.29) is 16.3 Å². The molecule has 0 saturated heterocycles. The van der Waals surface area contributed by atoms with Gasteiger partial charge in [0.2, 0.25) is 0 Å². The Kier molecular flexibility index (Phi) is 17.5. The van der Waals surface area contributed by atoms with E-state index in [1.807, 2.05) is 6.92 Å². The van der Waals surface area contributed by atoms with Gasteiger partial charge in [0.15, 0.2) is 0 Å². The molecule has 0 aromatic rings. The van der Waals surface area contributed by atoms with E-state index in [1.54, 1.807) is 11.9 Å². The second-order valence-corrected chi connectivity index (χ2v) is 12.6. The van der Waals surface area contributed by atoms with Gasteiger partial charge in [0.05, 0.1) is 10.9 Å². The molecule has 5 nitrogen and oxygen atoms in total. The highest BCUT2D eigenvalue weighted by molar-refractivity contribution is 7.98. The Labute approximate surface area is 221 Å². The van der Waals surface area contributed by atoms with Crippen LogP contribution in [0.25, 0.3) is 0 Å². The predicted octanol–water partition coefficient (Wildman–Crippen LogP) is 6.57. The molecule has 0 radical (unpaired) electrons. The fourth-order valence-electron chi connectivity index (χ4n) is 5.62. The first-order chi connectivity index (χ1) is 16.8. The van der Waals surface area contributed by atoms with Crippen molar-refractivity contribution < 1.29 is 14.7 Å². The van der Waals surface area contributed by atoms with Crippen molar-refractivity contribution in [3.63, 3.8) is 0 Å². The van der Waals surface area contributed by atoms with Crippen LogP contribution in [0.4, 0.5) is 0 Å². The summed E-state index contributed by atoms with van der Waals surface area (Å²) in [5.41, 5.74) is 0.113. The number of hydrogen-bond acceptors (Lipinski definition) is 6. The van der Waals surface area contributed by atoms with Gasteiger partial charge in [-0.15, -0.1) is 0 Å². The zero-order valence-corrected chi connectivity index (χ0v) is 24.2. The Balaban J connectivity index is 2.38. The summed E-state index contributed by atoms with van der Waals surface area (Å²) in [5.74, 6) is 0.624. The number of nitrogens with zero attached hydrogens (tertiary/aromatic N) is 1. The number of rotatable bonds is 23. The van der Waals surface area contributed by atoms with Crippen molar-refractivity contribution in [1.29, 1.82) is 0 Å². The molecule has 0 aromatic carbocycles. The minimum atomic E-state index is -0.325. The largest absolute Gasteiger partial charge is 0.392 e. The number of aldehydes is 2. The van der Waals surface area contributed by atoms with Gasteiger partial charge in [0.1, 0.15) is 12.6 Å². The Hall–Kier alpha value is -0.430. The van der Waals surface area contributed by atoms with Gasteiger partial charge in [-0.2, -0.15) is 0 Å². The summed E-state index contributed by atoms with van der Waals surface area (Å²) in [6.07, 6.45) is 18.4. The van der Waals surface area contributed by atoms with Crippen LogP contribution in [0.2, 0.25) is 0 Å². The van der Waals surface area contributed by atoms with Crippen LogP contribution in [-0.2, 0) is 9.59 Å². The third kappa shape index (κ3) is 11.7. The van der Waals surface area contributed by atoms with Crippen molar-refractivity contribution in [3.05, 3.63) is 0 Å². The molecule has 2 N–H and O–H groups in total. The topological polar surface area (TPSA) is 69.6 Å². The van der Waals surface area contributed by atoms with E-state index in [2.05, 4.69) is 30.4 Å². The van der Waals surface area contributed by atoms with Gasteiger partial charge in [0.25, 0.3) is 0 Å². The maximum Gasteiger partial charge on any atom is 0.119 e. The molecule has 6 heteroatoms. The third-order valence-corrected chi connectivity index (χ3v) is 10.3. The van der Waals surface area contributed by atoms with Crippen LogP contribution in [0.5, 0.6) is 0 Å².